The van der Waals surface area contributed by atoms with E-state index in [0.29, 0.717) is 0 Å². The summed E-state index contributed by atoms with van der Waals surface area (Å²) in [6.45, 7) is 1.99. The van der Waals surface area contributed by atoms with Gasteiger partial charge in [0.15, 0.2) is 0 Å². The highest BCUT2D eigenvalue weighted by atomic mass is 79.9. The molecule has 15 heavy (non-hydrogen) atoms. The van der Waals surface area contributed by atoms with Gasteiger partial charge in [-0.15, -0.1) is 0 Å². The lowest BCUT2D eigenvalue weighted by atomic mass is 10.2. The van der Waals surface area contributed by atoms with Gasteiger partial charge in [0.25, 0.3) is 0 Å². The van der Waals surface area contributed by atoms with E-state index in [9.17, 15) is 0 Å². The molecule has 2 rings (SSSR count). The molecule has 0 saturated heterocycles. The molecule has 0 radical (unpaired) electrons. The molecule has 1 aromatic carbocycles. The van der Waals surface area contributed by atoms with Gasteiger partial charge in [0, 0.05) is 10.7 Å². The SMILES string of the molecule is Cc1ccn(-c2ccc(CO)c(Br)c2)n1. The van der Waals surface area contributed by atoms with Crippen LogP contribution in [0.1, 0.15) is 11.3 Å². The molecule has 0 aliphatic carbocycles. The highest BCUT2D eigenvalue weighted by Gasteiger charge is 2.02. The lowest BCUT2D eigenvalue weighted by molar-refractivity contribution is 0.281. The summed E-state index contributed by atoms with van der Waals surface area (Å²) in [4.78, 5) is 0. The fourth-order valence-electron chi connectivity index (χ4n) is 1.37. The van der Waals surface area contributed by atoms with Crippen LogP contribution >= 0.6 is 15.9 Å². The van der Waals surface area contributed by atoms with E-state index < -0.39 is 0 Å². The van der Waals surface area contributed by atoms with Crippen LogP contribution < -0.4 is 0 Å². The van der Waals surface area contributed by atoms with Crippen molar-refractivity contribution in [1.29, 1.82) is 0 Å². The maximum atomic E-state index is 9.03. The van der Waals surface area contributed by atoms with Crippen molar-refractivity contribution in [3.05, 3.63) is 46.2 Å². The van der Waals surface area contributed by atoms with Crippen molar-refractivity contribution >= 4 is 15.9 Å². The van der Waals surface area contributed by atoms with Gasteiger partial charge in [-0.2, -0.15) is 5.10 Å². The van der Waals surface area contributed by atoms with E-state index >= 15 is 0 Å². The van der Waals surface area contributed by atoms with Crippen LogP contribution in [0.5, 0.6) is 0 Å². The molecule has 3 nitrogen and oxygen atoms in total. The van der Waals surface area contributed by atoms with Gasteiger partial charge < -0.3 is 5.11 Å². The van der Waals surface area contributed by atoms with E-state index in [0.717, 1.165) is 21.4 Å². The molecular weight excluding hydrogens is 256 g/mol. The summed E-state index contributed by atoms with van der Waals surface area (Å²) < 4.78 is 2.71. The minimum atomic E-state index is 0.0407. The number of aliphatic hydroxyl groups is 1. The molecular formula is C11H11BrN2O. The predicted octanol–water partition coefficient (Wildman–Crippen LogP) is 2.44. The molecule has 1 heterocycles. The summed E-state index contributed by atoms with van der Waals surface area (Å²) in [5.74, 6) is 0. The van der Waals surface area contributed by atoms with Crippen molar-refractivity contribution in [2.24, 2.45) is 0 Å². The Morgan fingerprint density at radius 2 is 2.20 bits per heavy atom. The second-order valence-corrected chi connectivity index (χ2v) is 4.19. The monoisotopic (exact) mass is 266 g/mol. The fourth-order valence-corrected chi connectivity index (χ4v) is 1.86. The van der Waals surface area contributed by atoms with Crippen LogP contribution in [-0.2, 0) is 6.61 Å². The molecule has 0 spiro atoms. The molecule has 0 unspecified atom stereocenters. The molecule has 0 atom stereocenters. The minimum Gasteiger partial charge on any atom is -0.392 e. The molecule has 0 aliphatic heterocycles. The minimum absolute atomic E-state index is 0.0407. The first-order valence-electron chi connectivity index (χ1n) is 4.62. The lowest BCUT2D eigenvalue weighted by Gasteiger charge is -2.05. The first-order valence-corrected chi connectivity index (χ1v) is 5.42. The number of nitrogens with zero attached hydrogens (tertiary/aromatic N) is 2. The molecule has 78 valence electrons. The Morgan fingerprint density at radius 1 is 1.40 bits per heavy atom. The molecule has 1 aromatic heterocycles. The van der Waals surface area contributed by atoms with Gasteiger partial charge in [-0.25, -0.2) is 4.68 Å². The van der Waals surface area contributed by atoms with Crippen molar-refractivity contribution < 1.29 is 5.11 Å². The molecule has 0 fully saturated rings. The van der Waals surface area contributed by atoms with Gasteiger partial charge in [-0.3, -0.25) is 0 Å². The summed E-state index contributed by atoms with van der Waals surface area (Å²) in [7, 11) is 0. The summed E-state index contributed by atoms with van der Waals surface area (Å²) in [6.07, 6.45) is 1.91. The average Bonchev–Trinajstić information content (AvgIpc) is 2.65. The Kier molecular flexibility index (Phi) is 2.88. The zero-order valence-corrected chi connectivity index (χ0v) is 9.90. The van der Waals surface area contributed by atoms with Crippen molar-refractivity contribution in [1.82, 2.24) is 9.78 Å². The van der Waals surface area contributed by atoms with Crippen LogP contribution in [-0.4, -0.2) is 14.9 Å². The number of hydrogen-bond donors (Lipinski definition) is 1. The highest BCUT2D eigenvalue weighted by Crippen LogP contribution is 2.20. The second-order valence-electron chi connectivity index (χ2n) is 3.34. The lowest BCUT2D eigenvalue weighted by Crippen LogP contribution is -1.96. The Labute approximate surface area is 96.5 Å². The van der Waals surface area contributed by atoms with Crippen molar-refractivity contribution in [2.75, 3.05) is 0 Å². The second kappa shape index (κ2) is 4.16. The van der Waals surface area contributed by atoms with Crippen LogP contribution in [0.3, 0.4) is 0 Å². The van der Waals surface area contributed by atoms with Crippen molar-refractivity contribution in [3.63, 3.8) is 0 Å². The smallest absolute Gasteiger partial charge is 0.0692 e. The molecule has 1 N–H and O–H groups in total. The van der Waals surface area contributed by atoms with Gasteiger partial charge >= 0.3 is 0 Å². The van der Waals surface area contributed by atoms with E-state index in [1.807, 2.05) is 37.4 Å². The number of aryl methyl sites for hydroxylation is 1. The Hall–Kier alpha value is -1.13. The van der Waals surface area contributed by atoms with Gasteiger partial charge in [-0.05, 0) is 30.7 Å². The van der Waals surface area contributed by atoms with Gasteiger partial charge in [0.2, 0.25) is 0 Å². The highest BCUT2D eigenvalue weighted by molar-refractivity contribution is 9.10. The number of hydrogen-bond acceptors (Lipinski definition) is 2. The van der Waals surface area contributed by atoms with E-state index in [1.165, 1.54) is 0 Å². The van der Waals surface area contributed by atoms with E-state index in [2.05, 4.69) is 21.0 Å². The summed E-state index contributed by atoms with van der Waals surface area (Å²) in [6, 6.07) is 7.71. The van der Waals surface area contributed by atoms with Gasteiger partial charge in [-0.1, -0.05) is 22.0 Å². The molecule has 0 saturated carbocycles. The third-order valence-electron chi connectivity index (χ3n) is 2.19. The quantitative estimate of drug-likeness (QED) is 0.907. The predicted molar refractivity (Wildman–Crippen MR) is 61.9 cm³/mol. The Morgan fingerprint density at radius 3 is 2.73 bits per heavy atom. The number of aromatic nitrogens is 2. The number of rotatable bonds is 2. The molecule has 0 aliphatic rings. The molecule has 4 heteroatoms. The summed E-state index contributed by atoms with van der Waals surface area (Å²) >= 11 is 3.41. The maximum Gasteiger partial charge on any atom is 0.0692 e. The number of aliphatic hydroxyl groups excluding tert-OH is 1. The third-order valence-corrected chi connectivity index (χ3v) is 2.93. The largest absolute Gasteiger partial charge is 0.392 e. The maximum absolute atomic E-state index is 9.03. The van der Waals surface area contributed by atoms with E-state index in [1.54, 1.807) is 4.68 Å². The summed E-state index contributed by atoms with van der Waals surface area (Å²) in [5, 5.41) is 13.3. The molecule has 0 amide bonds. The Balaban J connectivity index is 2.42. The van der Waals surface area contributed by atoms with Crippen molar-refractivity contribution in [2.45, 2.75) is 13.5 Å². The van der Waals surface area contributed by atoms with Crippen LogP contribution in [0.2, 0.25) is 0 Å². The van der Waals surface area contributed by atoms with Gasteiger partial charge in [0.05, 0.1) is 18.0 Å². The fraction of sp³-hybridized carbons (Fsp3) is 0.182. The Bertz CT molecular complexity index is 479. The first kappa shape index (κ1) is 10.4. The van der Waals surface area contributed by atoms with E-state index in [4.69, 9.17) is 5.11 Å². The zero-order chi connectivity index (χ0) is 10.8. The third kappa shape index (κ3) is 2.11. The van der Waals surface area contributed by atoms with Gasteiger partial charge in [0.1, 0.15) is 0 Å². The first-order chi connectivity index (χ1) is 7.20. The van der Waals surface area contributed by atoms with E-state index in [-0.39, 0.29) is 6.61 Å². The zero-order valence-electron chi connectivity index (χ0n) is 8.31. The average molecular weight is 267 g/mol. The number of halogens is 1. The van der Waals surface area contributed by atoms with Crippen LogP contribution in [0.25, 0.3) is 5.69 Å². The molecule has 2 aromatic rings. The van der Waals surface area contributed by atoms with Crippen LogP contribution in [0, 0.1) is 6.92 Å². The normalized spacial score (nSPS) is 10.6. The topological polar surface area (TPSA) is 38.0 Å². The van der Waals surface area contributed by atoms with Crippen molar-refractivity contribution in [3.8, 4) is 5.69 Å². The van der Waals surface area contributed by atoms with Crippen LogP contribution in [0.4, 0.5) is 0 Å². The van der Waals surface area contributed by atoms with Crippen LogP contribution in [0.15, 0.2) is 34.9 Å². The standard InChI is InChI=1S/C11H11BrN2O/c1-8-4-5-14(13-8)10-3-2-9(7-15)11(12)6-10/h2-6,15H,7H2,1H3. The molecule has 0 bridgehead atoms. The summed E-state index contributed by atoms with van der Waals surface area (Å²) in [5.41, 5.74) is 2.84. The number of benzene rings is 1.